The Labute approximate surface area is 109 Å². The Morgan fingerprint density at radius 3 is 2.33 bits per heavy atom. The zero-order valence-electron chi connectivity index (χ0n) is 12.0. The van der Waals surface area contributed by atoms with Crippen LogP contribution < -0.4 is 5.32 Å². The fourth-order valence-corrected chi connectivity index (χ4v) is 1.45. The van der Waals surface area contributed by atoms with E-state index in [1.807, 2.05) is 27.7 Å². The van der Waals surface area contributed by atoms with Gasteiger partial charge < -0.3 is 19.6 Å². The molecule has 0 saturated heterocycles. The van der Waals surface area contributed by atoms with Crippen LogP contribution in [-0.4, -0.2) is 37.2 Å². The van der Waals surface area contributed by atoms with Gasteiger partial charge in [0.15, 0.2) is 0 Å². The van der Waals surface area contributed by atoms with Crippen LogP contribution in [-0.2, 0) is 14.3 Å². The predicted octanol–water partition coefficient (Wildman–Crippen LogP) is 2.29. The second-order valence-electron chi connectivity index (χ2n) is 5.56. The third-order valence-electron chi connectivity index (χ3n) is 2.71. The van der Waals surface area contributed by atoms with Crippen molar-refractivity contribution in [2.75, 3.05) is 13.7 Å². The number of hydrogen-bond donors (Lipinski definition) is 1. The molecule has 0 radical (unpaired) electrons. The molecule has 5 heteroatoms. The molecule has 0 unspecified atom stereocenters. The van der Waals surface area contributed by atoms with E-state index in [1.54, 1.807) is 0 Å². The molecule has 0 bridgehead atoms. The molecule has 18 heavy (non-hydrogen) atoms. The zero-order chi connectivity index (χ0) is 14.2. The summed E-state index contributed by atoms with van der Waals surface area (Å²) < 4.78 is 10.3. The first kappa shape index (κ1) is 16.9. The molecule has 0 aliphatic rings. The SMILES string of the molecule is COC(=O)NC(C)(C)CCOC(C)(C)CCC=O. The van der Waals surface area contributed by atoms with Crippen molar-refractivity contribution in [2.24, 2.45) is 0 Å². The third-order valence-corrected chi connectivity index (χ3v) is 2.71. The van der Waals surface area contributed by atoms with Crippen LogP contribution in [0.4, 0.5) is 4.79 Å². The molecule has 0 aromatic carbocycles. The summed E-state index contributed by atoms with van der Waals surface area (Å²) in [6.45, 7) is 8.24. The molecular formula is C13H25NO4. The lowest BCUT2D eigenvalue weighted by molar-refractivity contribution is -0.109. The Bertz CT molecular complexity index is 274. The second kappa shape index (κ2) is 7.36. The monoisotopic (exact) mass is 259 g/mol. The lowest BCUT2D eigenvalue weighted by Crippen LogP contribution is -2.44. The molecule has 0 saturated carbocycles. The normalized spacial score (nSPS) is 12.1. The number of carbonyl (C=O) groups is 2. The van der Waals surface area contributed by atoms with Gasteiger partial charge in [-0.1, -0.05) is 0 Å². The Balaban J connectivity index is 4.01. The highest BCUT2D eigenvalue weighted by molar-refractivity contribution is 5.67. The molecule has 0 spiro atoms. The first-order chi connectivity index (χ1) is 8.22. The summed E-state index contributed by atoms with van der Waals surface area (Å²) in [5, 5.41) is 2.74. The standard InChI is InChI=1S/C13H25NO4/c1-12(2,14-11(16)17-5)8-10-18-13(3,4)7-6-9-15/h9H,6-8,10H2,1-5H3,(H,14,16). The van der Waals surface area contributed by atoms with Gasteiger partial charge in [0.05, 0.1) is 12.7 Å². The minimum atomic E-state index is -0.444. The average molecular weight is 259 g/mol. The first-order valence-electron chi connectivity index (χ1n) is 6.16. The van der Waals surface area contributed by atoms with Gasteiger partial charge in [0.2, 0.25) is 0 Å². The van der Waals surface area contributed by atoms with Crippen LogP contribution in [0.15, 0.2) is 0 Å². The van der Waals surface area contributed by atoms with Crippen LogP contribution in [0.2, 0.25) is 0 Å². The van der Waals surface area contributed by atoms with Crippen LogP contribution in [0.25, 0.3) is 0 Å². The van der Waals surface area contributed by atoms with E-state index in [1.165, 1.54) is 7.11 Å². The highest BCUT2D eigenvalue weighted by Gasteiger charge is 2.23. The molecule has 0 aromatic heterocycles. The maximum atomic E-state index is 11.1. The fraction of sp³-hybridized carbons (Fsp3) is 0.846. The minimum absolute atomic E-state index is 0.317. The molecule has 0 rings (SSSR count). The Morgan fingerprint density at radius 1 is 1.22 bits per heavy atom. The van der Waals surface area contributed by atoms with Gasteiger partial charge in [-0.15, -0.1) is 0 Å². The topological polar surface area (TPSA) is 64.6 Å². The van der Waals surface area contributed by atoms with Crippen molar-refractivity contribution in [3.05, 3.63) is 0 Å². The summed E-state index contributed by atoms with van der Waals surface area (Å²) in [6.07, 6.45) is 2.32. The van der Waals surface area contributed by atoms with E-state index in [0.29, 0.717) is 25.9 Å². The van der Waals surface area contributed by atoms with Gasteiger partial charge in [0.1, 0.15) is 6.29 Å². The summed E-state index contributed by atoms with van der Waals surface area (Å²) in [5.74, 6) is 0. The third kappa shape index (κ3) is 8.06. The Kier molecular flexibility index (Phi) is 6.91. The molecule has 106 valence electrons. The molecule has 1 amide bonds. The van der Waals surface area contributed by atoms with E-state index >= 15 is 0 Å². The number of rotatable bonds is 8. The minimum Gasteiger partial charge on any atom is -0.453 e. The van der Waals surface area contributed by atoms with Crippen LogP contribution in [0.1, 0.15) is 47.0 Å². The van der Waals surface area contributed by atoms with Crippen molar-refractivity contribution in [2.45, 2.75) is 58.1 Å². The van der Waals surface area contributed by atoms with E-state index in [0.717, 1.165) is 6.29 Å². The summed E-state index contributed by atoms with van der Waals surface area (Å²) in [5.41, 5.74) is -0.698. The van der Waals surface area contributed by atoms with Crippen LogP contribution in [0.3, 0.4) is 0 Å². The van der Waals surface area contributed by atoms with Gasteiger partial charge in [-0.3, -0.25) is 0 Å². The number of nitrogens with one attached hydrogen (secondary N) is 1. The number of amides is 1. The fourth-order valence-electron chi connectivity index (χ4n) is 1.45. The van der Waals surface area contributed by atoms with Gasteiger partial charge in [-0.2, -0.15) is 0 Å². The van der Waals surface area contributed by atoms with E-state index in [9.17, 15) is 9.59 Å². The summed E-state index contributed by atoms with van der Waals surface area (Å²) in [6, 6.07) is 0. The molecular weight excluding hydrogens is 234 g/mol. The number of methoxy groups -OCH3 is 1. The van der Waals surface area contributed by atoms with E-state index in [-0.39, 0.29) is 11.1 Å². The maximum absolute atomic E-state index is 11.1. The molecule has 0 heterocycles. The van der Waals surface area contributed by atoms with Gasteiger partial charge >= 0.3 is 6.09 Å². The van der Waals surface area contributed by atoms with Crippen molar-refractivity contribution in [1.82, 2.24) is 5.32 Å². The van der Waals surface area contributed by atoms with Crippen LogP contribution in [0, 0.1) is 0 Å². The number of aldehydes is 1. The van der Waals surface area contributed by atoms with E-state index < -0.39 is 6.09 Å². The van der Waals surface area contributed by atoms with Crippen LogP contribution in [0.5, 0.6) is 0 Å². The highest BCUT2D eigenvalue weighted by Crippen LogP contribution is 2.18. The van der Waals surface area contributed by atoms with Crippen molar-refractivity contribution in [3.8, 4) is 0 Å². The summed E-state index contributed by atoms with van der Waals surface area (Å²) >= 11 is 0. The molecule has 0 fully saturated rings. The number of ether oxygens (including phenoxy) is 2. The molecule has 5 nitrogen and oxygen atoms in total. The van der Waals surface area contributed by atoms with E-state index in [2.05, 4.69) is 10.1 Å². The van der Waals surface area contributed by atoms with Crippen molar-refractivity contribution in [3.63, 3.8) is 0 Å². The quantitative estimate of drug-likeness (QED) is 0.679. The molecule has 0 aliphatic carbocycles. The smallest absolute Gasteiger partial charge is 0.407 e. The lowest BCUT2D eigenvalue weighted by Gasteiger charge is -2.29. The van der Waals surface area contributed by atoms with Gasteiger partial charge in [0, 0.05) is 18.6 Å². The Morgan fingerprint density at radius 2 is 1.83 bits per heavy atom. The molecule has 0 aromatic rings. The van der Waals surface area contributed by atoms with Gasteiger partial charge in [-0.05, 0) is 40.5 Å². The highest BCUT2D eigenvalue weighted by atomic mass is 16.5. The number of alkyl carbamates (subject to hydrolysis) is 1. The summed E-state index contributed by atoms with van der Waals surface area (Å²) in [7, 11) is 1.34. The maximum Gasteiger partial charge on any atom is 0.407 e. The van der Waals surface area contributed by atoms with Crippen LogP contribution >= 0.6 is 0 Å². The van der Waals surface area contributed by atoms with Crippen molar-refractivity contribution in [1.29, 1.82) is 0 Å². The largest absolute Gasteiger partial charge is 0.453 e. The molecule has 0 atom stereocenters. The Hall–Kier alpha value is -1.10. The van der Waals surface area contributed by atoms with Crippen molar-refractivity contribution >= 4 is 12.4 Å². The predicted molar refractivity (Wildman–Crippen MR) is 69.6 cm³/mol. The molecule has 0 aliphatic heterocycles. The van der Waals surface area contributed by atoms with Gasteiger partial charge in [-0.25, -0.2) is 4.79 Å². The average Bonchev–Trinajstić information content (AvgIpc) is 2.25. The first-order valence-corrected chi connectivity index (χ1v) is 6.16. The second-order valence-corrected chi connectivity index (χ2v) is 5.56. The van der Waals surface area contributed by atoms with Crippen molar-refractivity contribution < 1.29 is 19.1 Å². The molecule has 1 N–H and O–H groups in total. The van der Waals surface area contributed by atoms with Gasteiger partial charge in [0.25, 0.3) is 0 Å². The number of carbonyl (C=O) groups excluding carboxylic acids is 2. The zero-order valence-corrected chi connectivity index (χ0v) is 12.0. The lowest BCUT2D eigenvalue weighted by atomic mass is 10.0. The summed E-state index contributed by atoms with van der Waals surface area (Å²) in [4.78, 5) is 21.4. The number of hydrogen-bond acceptors (Lipinski definition) is 4. The van der Waals surface area contributed by atoms with E-state index in [4.69, 9.17) is 4.74 Å².